The van der Waals surface area contributed by atoms with E-state index in [-0.39, 0.29) is 11.5 Å². The van der Waals surface area contributed by atoms with Crippen molar-refractivity contribution in [2.24, 2.45) is 11.8 Å². The highest BCUT2D eigenvalue weighted by Crippen LogP contribution is 2.35. The predicted molar refractivity (Wildman–Crippen MR) is 101 cm³/mol. The first-order valence-electron chi connectivity index (χ1n) is 9.83. The van der Waals surface area contributed by atoms with E-state index < -0.39 is 0 Å². The van der Waals surface area contributed by atoms with Crippen molar-refractivity contribution in [3.05, 3.63) is 46.2 Å². The molecule has 4 aliphatic rings. The Morgan fingerprint density at radius 1 is 1.08 bits per heavy atom. The number of pyridine rings is 1. The summed E-state index contributed by atoms with van der Waals surface area (Å²) < 4.78 is 0. The van der Waals surface area contributed by atoms with E-state index in [0.717, 1.165) is 36.5 Å². The van der Waals surface area contributed by atoms with Crippen molar-refractivity contribution in [1.29, 1.82) is 0 Å². The van der Waals surface area contributed by atoms with Gasteiger partial charge in [0.05, 0.1) is 5.56 Å². The Morgan fingerprint density at radius 2 is 1.92 bits per heavy atom. The van der Waals surface area contributed by atoms with Crippen LogP contribution in [-0.4, -0.2) is 52.9 Å². The molecule has 136 valence electrons. The maximum Gasteiger partial charge on any atom is 0.254 e. The summed E-state index contributed by atoms with van der Waals surface area (Å²) >= 11 is 0. The van der Waals surface area contributed by atoms with Gasteiger partial charge in [-0.1, -0.05) is 18.2 Å². The second-order valence-electron chi connectivity index (χ2n) is 8.30. The molecule has 1 aromatic carbocycles. The zero-order valence-corrected chi connectivity index (χ0v) is 15.0. The molecule has 6 rings (SSSR count). The summed E-state index contributed by atoms with van der Waals surface area (Å²) in [5.41, 5.74) is 1.07. The topological polar surface area (TPSA) is 56.4 Å². The van der Waals surface area contributed by atoms with E-state index in [1.54, 1.807) is 0 Å². The highest BCUT2D eigenvalue weighted by atomic mass is 16.2. The number of aromatic amines is 1. The van der Waals surface area contributed by atoms with Crippen LogP contribution < -0.4 is 5.56 Å². The van der Waals surface area contributed by atoms with Crippen LogP contribution in [-0.2, 0) is 0 Å². The smallest absolute Gasteiger partial charge is 0.254 e. The highest BCUT2D eigenvalue weighted by molar-refractivity contribution is 6.06. The molecular weight excluding hydrogens is 326 g/mol. The summed E-state index contributed by atoms with van der Waals surface area (Å²) in [5.74, 6) is 1.46. The molecule has 4 heterocycles. The SMILES string of the molecule is O=C(c1cc(=O)[nH]c2ccccc12)N1C[C@H]2CC[C@@H](C1)N(CC1CC1)C2. The zero-order chi connectivity index (χ0) is 17.7. The Morgan fingerprint density at radius 3 is 2.77 bits per heavy atom. The van der Waals surface area contributed by atoms with Crippen molar-refractivity contribution in [1.82, 2.24) is 14.8 Å². The summed E-state index contributed by atoms with van der Waals surface area (Å²) in [5, 5.41) is 0.837. The molecule has 1 aromatic heterocycles. The third-order valence-corrected chi connectivity index (χ3v) is 6.28. The van der Waals surface area contributed by atoms with E-state index in [1.165, 1.54) is 38.3 Å². The van der Waals surface area contributed by atoms with Gasteiger partial charge in [-0.3, -0.25) is 14.5 Å². The van der Waals surface area contributed by atoms with Gasteiger partial charge in [-0.2, -0.15) is 0 Å². The van der Waals surface area contributed by atoms with Crippen LogP contribution in [0.5, 0.6) is 0 Å². The molecule has 0 spiro atoms. The van der Waals surface area contributed by atoms with Gasteiger partial charge >= 0.3 is 0 Å². The van der Waals surface area contributed by atoms with Crippen molar-refractivity contribution in [2.45, 2.75) is 31.7 Å². The van der Waals surface area contributed by atoms with E-state index >= 15 is 0 Å². The van der Waals surface area contributed by atoms with E-state index in [2.05, 4.69) is 9.88 Å². The Labute approximate surface area is 153 Å². The van der Waals surface area contributed by atoms with Gasteiger partial charge in [0.2, 0.25) is 5.56 Å². The van der Waals surface area contributed by atoms with Crippen molar-refractivity contribution >= 4 is 16.8 Å². The molecule has 3 saturated heterocycles. The second-order valence-corrected chi connectivity index (χ2v) is 8.30. The fourth-order valence-corrected chi connectivity index (χ4v) is 4.75. The van der Waals surface area contributed by atoms with Crippen molar-refractivity contribution < 1.29 is 4.79 Å². The summed E-state index contributed by atoms with van der Waals surface area (Å²) in [6.45, 7) is 3.94. The number of carbonyl (C=O) groups is 1. The van der Waals surface area contributed by atoms with Crippen LogP contribution >= 0.6 is 0 Å². The molecule has 1 saturated carbocycles. The molecule has 0 unspecified atom stereocenters. The summed E-state index contributed by atoms with van der Waals surface area (Å²) in [6, 6.07) is 9.53. The monoisotopic (exact) mass is 351 g/mol. The first-order chi connectivity index (χ1) is 12.7. The van der Waals surface area contributed by atoms with Crippen LogP contribution in [0.3, 0.4) is 0 Å². The van der Waals surface area contributed by atoms with Gasteiger partial charge in [-0.25, -0.2) is 0 Å². The molecule has 1 amide bonds. The molecule has 0 radical (unpaired) electrons. The lowest BCUT2D eigenvalue weighted by Gasteiger charge is -2.36. The minimum Gasteiger partial charge on any atom is -0.337 e. The van der Waals surface area contributed by atoms with Crippen LogP contribution in [0.2, 0.25) is 0 Å². The Balaban J connectivity index is 1.45. The van der Waals surface area contributed by atoms with E-state index in [0.29, 0.717) is 17.5 Å². The Hall–Kier alpha value is -2.14. The molecule has 1 N–H and O–H groups in total. The quantitative estimate of drug-likeness (QED) is 0.924. The first kappa shape index (κ1) is 16.1. The van der Waals surface area contributed by atoms with Crippen LogP contribution in [0.1, 0.15) is 36.0 Å². The number of rotatable bonds is 3. The van der Waals surface area contributed by atoms with Crippen LogP contribution in [0, 0.1) is 11.8 Å². The molecule has 3 aliphatic heterocycles. The number of aromatic nitrogens is 1. The molecule has 2 atom stereocenters. The number of benzene rings is 1. The number of amides is 1. The van der Waals surface area contributed by atoms with Gasteiger partial charge < -0.3 is 9.88 Å². The molecule has 26 heavy (non-hydrogen) atoms. The average Bonchev–Trinajstić information content (AvgIpc) is 3.48. The highest BCUT2D eigenvalue weighted by Gasteiger charge is 2.38. The Kier molecular flexibility index (Phi) is 3.85. The predicted octanol–water partition coefficient (Wildman–Crippen LogP) is 2.47. The number of piperidine rings is 1. The number of fused-ring (bicyclic) bond motifs is 5. The number of para-hydroxylation sites is 1. The lowest BCUT2D eigenvalue weighted by molar-refractivity contribution is 0.0738. The van der Waals surface area contributed by atoms with Gasteiger partial charge in [-0.15, -0.1) is 0 Å². The van der Waals surface area contributed by atoms with Gasteiger partial charge in [0.1, 0.15) is 0 Å². The summed E-state index contributed by atoms with van der Waals surface area (Å²) in [6.07, 6.45) is 5.15. The molecule has 1 aliphatic carbocycles. The largest absolute Gasteiger partial charge is 0.337 e. The fourth-order valence-electron chi connectivity index (χ4n) is 4.75. The lowest BCUT2D eigenvalue weighted by Crippen LogP contribution is -2.45. The zero-order valence-electron chi connectivity index (χ0n) is 15.0. The molecular formula is C21H25N3O2. The second kappa shape index (κ2) is 6.23. The number of nitrogens with one attached hydrogen (secondary N) is 1. The van der Waals surface area contributed by atoms with Gasteiger partial charge in [-0.05, 0) is 43.6 Å². The van der Waals surface area contributed by atoms with Crippen molar-refractivity contribution in [3.63, 3.8) is 0 Å². The third kappa shape index (κ3) is 2.94. The van der Waals surface area contributed by atoms with Crippen LogP contribution in [0.25, 0.3) is 10.9 Å². The van der Waals surface area contributed by atoms with Crippen LogP contribution in [0.15, 0.2) is 35.1 Å². The number of hydrogen-bond acceptors (Lipinski definition) is 3. The van der Waals surface area contributed by atoms with Crippen molar-refractivity contribution in [2.75, 3.05) is 26.2 Å². The minimum absolute atomic E-state index is 0.0115. The maximum atomic E-state index is 13.3. The van der Waals surface area contributed by atoms with E-state index in [1.807, 2.05) is 29.2 Å². The first-order valence-corrected chi connectivity index (χ1v) is 9.83. The maximum absolute atomic E-state index is 13.3. The van der Waals surface area contributed by atoms with Crippen molar-refractivity contribution in [3.8, 4) is 0 Å². The fraction of sp³-hybridized carbons (Fsp3) is 0.524. The Bertz CT molecular complexity index is 902. The number of nitrogens with zero attached hydrogens (tertiary/aromatic N) is 2. The molecule has 5 heteroatoms. The lowest BCUT2D eigenvalue weighted by atomic mass is 9.95. The summed E-state index contributed by atoms with van der Waals surface area (Å²) in [4.78, 5) is 32.9. The standard InChI is InChI=1S/C21H25N3O2/c25-20-9-18(17-3-1-2-4-19(17)22-20)21(26)24-12-15-7-8-16(13-24)23(11-15)10-14-5-6-14/h1-4,9,14-16H,5-8,10-13H2,(H,22,25)/t15-,16-/m0/s1. The van der Waals surface area contributed by atoms with Gasteiger partial charge in [0.15, 0.2) is 0 Å². The molecule has 5 nitrogen and oxygen atoms in total. The van der Waals surface area contributed by atoms with Gasteiger partial charge in [0, 0.05) is 49.2 Å². The van der Waals surface area contributed by atoms with E-state index in [4.69, 9.17) is 0 Å². The van der Waals surface area contributed by atoms with E-state index in [9.17, 15) is 9.59 Å². The normalized spacial score (nSPS) is 26.2. The molecule has 4 fully saturated rings. The molecule has 2 bridgehead atoms. The average molecular weight is 351 g/mol. The third-order valence-electron chi connectivity index (χ3n) is 6.28. The summed E-state index contributed by atoms with van der Waals surface area (Å²) in [7, 11) is 0. The molecule has 2 aromatic rings. The minimum atomic E-state index is -0.208. The van der Waals surface area contributed by atoms with Crippen LogP contribution in [0.4, 0.5) is 0 Å². The number of hydrogen-bond donors (Lipinski definition) is 1. The number of carbonyl (C=O) groups excluding carboxylic acids is 1. The van der Waals surface area contributed by atoms with Gasteiger partial charge in [0.25, 0.3) is 5.91 Å². The number of H-pyrrole nitrogens is 1.